The molecule has 0 aromatic carbocycles. The Morgan fingerprint density at radius 2 is 2.21 bits per heavy atom. The zero-order valence-electron chi connectivity index (χ0n) is 9.75. The molecule has 1 rings (SSSR count). The number of nitrogens with zero attached hydrogens (tertiary/aromatic N) is 1. The number of ether oxygens (including phenoxy) is 1. The third kappa shape index (κ3) is 4.40. The predicted molar refractivity (Wildman–Crippen MR) is 59.6 cm³/mol. The lowest BCUT2D eigenvalue weighted by Gasteiger charge is -2.20. The standard InChI is InChI=1S/C11H24N2O/c1-4-13(11-5-6-11)8-7-12-9-10(2)14-3/h10-12H,4-9H2,1-3H3. The maximum absolute atomic E-state index is 5.17. The summed E-state index contributed by atoms with van der Waals surface area (Å²) >= 11 is 0. The summed E-state index contributed by atoms with van der Waals surface area (Å²) in [5.74, 6) is 0. The van der Waals surface area contributed by atoms with Gasteiger partial charge in [0.15, 0.2) is 0 Å². The number of hydrogen-bond donors (Lipinski definition) is 1. The van der Waals surface area contributed by atoms with E-state index in [0.717, 1.165) is 19.1 Å². The largest absolute Gasteiger partial charge is 0.380 e. The second-order valence-electron chi connectivity index (χ2n) is 4.11. The molecule has 1 aliphatic carbocycles. The molecule has 3 heteroatoms. The Kier molecular flexibility index (Phi) is 5.45. The van der Waals surface area contributed by atoms with Crippen LogP contribution in [0.4, 0.5) is 0 Å². The first kappa shape index (κ1) is 12.0. The second kappa shape index (κ2) is 6.38. The van der Waals surface area contributed by atoms with Crippen LogP contribution in [0.5, 0.6) is 0 Å². The molecule has 0 radical (unpaired) electrons. The van der Waals surface area contributed by atoms with Gasteiger partial charge in [-0.25, -0.2) is 0 Å². The van der Waals surface area contributed by atoms with Crippen LogP contribution in [0, 0.1) is 0 Å². The normalized spacial score (nSPS) is 18.9. The minimum Gasteiger partial charge on any atom is -0.380 e. The molecule has 1 fully saturated rings. The third-order valence-corrected chi connectivity index (χ3v) is 2.88. The van der Waals surface area contributed by atoms with Crippen LogP contribution >= 0.6 is 0 Å². The van der Waals surface area contributed by atoms with E-state index in [1.54, 1.807) is 7.11 Å². The molecule has 1 aliphatic rings. The fraction of sp³-hybridized carbons (Fsp3) is 1.00. The van der Waals surface area contributed by atoms with Gasteiger partial charge >= 0.3 is 0 Å². The van der Waals surface area contributed by atoms with Gasteiger partial charge in [-0.15, -0.1) is 0 Å². The number of rotatable bonds is 8. The molecule has 3 nitrogen and oxygen atoms in total. The highest BCUT2D eigenvalue weighted by Crippen LogP contribution is 2.25. The summed E-state index contributed by atoms with van der Waals surface area (Å²) in [6.45, 7) is 8.74. The molecule has 0 bridgehead atoms. The SMILES string of the molecule is CCN(CCNCC(C)OC)C1CC1. The summed E-state index contributed by atoms with van der Waals surface area (Å²) in [4.78, 5) is 2.56. The summed E-state index contributed by atoms with van der Waals surface area (Å²) in [6, 6.07) is 0.890. The molecule has 1 unspecified atom stereocenters. The lowest BCUT2D eigenvalue weighted by Crippen LogP contribution is -2.36. The molecule has 1 saturated carbocycles. The van der Waals surface area contributed by atoms with E-state index in [1.807, 2.05) is 0 Å². The Hall–Kier alpha value is -0.120. The number of hydrogen-bond acceptors (Lipinski definition) is 3. The highest BCUT2D eigenvalue weighted by atomic mass is 16.5. The minimum absolute atomic E-state index is 0.325. The maximum atomic E-state index is 5.17. The van der Waals surface area contributed by atoms with Crippen LogP contribution in [-0.2, 0) is 4.74 Å². The van der Waals surface area contributed by atoms with Crippen LogP contribution in [0.3, 0.4) is 0 Å². The Balaban J connectivity index is 1.96. The van der Waals surface area contributed by atoms with Crippen molar-refractivity contribution >= 4 is 0 Å². The van der Waals surface area contributed by atoms with Crippen molar-refractivity contribution in [1.82, 2.24) is 10.2 Å². The average molecular weight is 200 g/mol. The van der Waals surface area contributed by atoms with E-state index in [1.165, 1.54) is 25.9 Å². The van der Waals surface area contributed by atoms with Crippen molar-refractivity contribution in [1.29, 1.82) is 0 Å². The van der Waals surface area contributed by atoms with Gasteiger partial charge in [-0.1, -0.05) is 6.92 Å². The highest BCUT2D eigenvalue weighted by Gasteiger charge is 2.26. The lowest BCUT2D eigenvalue weighted by molar-refractivity contribution is 0.116. The summed E-state index contributed by atoms with van der Waals surface area (Å²) in [5, 5.41) is 3.42. The molecule has 84 valence electrons. The first-order valence-electron chi connectivity index (χ1n) is 5.75. The predicted octanol–water partition coefficient (Wildman–Crippen LogP) is 1.10. The molecule has 0 heterocycles. The number of likely N-dealkylation sites (N-methyl/N-ethyl adjacent to an activating group) is 1. The zero-order valence-corrected chi connectivity index (χ0v) is 9.75. The molecular formula is C11H24N2O. The Labute approximate surface area is 87.8 Å². The van der Waals surface area contributed by atoms with Crippen LogP contribution in [0.1, 0.15) is 26.7 Å². The van der Waals surface area contributed by atoms with E-state index in [2.05, 4.69) is 24.1 Å². The van der Waals surface area contributed by atoms with Crippen molar-refractivity contribution in [2.45, 2.75) is 38.8 Å². The van der Waals surface area contributed by atoms with Gasteiger partial charge in [-0.05, 0) is 26.3 Å². The molecule has 0 spiro atoms. The van der Waals surface area contributed by atoms with Crippen LogP contribution in [0.2, 0.25) is 0 Å². The second-order valence-corrected chi connectivity index (χ2v) is 4.11. The van der Waals surface area contributed by atoms with Gasteiger partial charge in [0.2, 0.25) is 0 Å². The topological polar surface area (TPSA) is 24.5 Å². The summed E-state index contributed by atoms with van der Waals surface area (Å²) in [6.07, 6.45) is 3.14. The molecule has 1 N–H and O–H groups in total. The van der Waals surface area contributed by atoms with Crippen molar-refractivity contribution in [3.8, 4) is 0 Å². The molecule has 0 aliphatic heterocycles. The van der Waals surface area contributed by atoms with Gasteiger partial charge in [0.1, 0.15) is 0 Å². The fourth-order valence-corrected chi connectivity index (χ4v) is 1.65. The van der Waals surface area contributed by atoms with Crippen molar-refractivity contribution in [3.63, 3.8) is 0 Å². The molecule has 0 saturated heterocycles. The van der Waals surface area contributed by atoms with Crippen LogP contribution in [0.25, 0.3) is 0 Å². The van der Waals surface area contributed by atoms with Gasteiger partial charge in [0.25, 0.3) is 0 Å². The number of methoxy groups -OCH3 is 1. The summed E-state index contributed by atoms with van der Waals surface area (Å²) in [7, 11) is 1.76. The van der Waals surface area contributed by atoms with Crippen molar-refractivity contribution in [2.75, 3.05) is 33.3 Å². The number of nitrogens with one attached hydrogen (secondary N) is 1. The van der Waals surface area contributed by atoms with Crippen molar-refractivity contribution in [3.05, 3.63) is 0 Å². The van der Waals surface area contributed by atoms with Gasteiger partial charge < -0.3 is 10.1 Å². The molecule has 0 aromatic heterocycles. The molecule has 0 amide bonds. The Bertz CT molecular complexity index is 148. The van der Waals surface area contributed by atoms with E-state index in [9.17, 15) is 0 Å². The summed E-state index contributed by atoms with van der Waals surface area (Å²) in [5.41, 5.74) is 0. The van der Waals surface area contributed by atoms with E-state index >= 15 is 0 Å². The Morgan fingerprint density at radius 1 is 1.50 bits per heavy atom. The van der Waals surface area contributed by atoms with Crippen molar-refractivity contribution < 1.29 is 4.74 Å². The zero-order chi connectivity index (χ0) is 10.4. The highest BCUT2D eigenvalue weighted by molar-refractivity contribution is 4.83. The van der Waals surface area contributed by atoms with Gasteiger partial charge in [0, 0.05) is 32.8 Å². The third-order valence-electron chi connectivity index (χ3n) is 2.88. The smallest absolute Gasteiger partial charge is 0.0667 e. The molecule has 0 aromatic rings. The Morgan fingerprint density at radius 3 is 2.71 bits per heavy atom. The van der Waals surface area contributed by atoms with Crippen LogP contribution in [-0.4, -0.2) is 50.3 Å². The van der Waals surface area contributed by atoms with Gasteiger partial charge in [-0.2, -0.15) is 0 Å². The quantitative estimate of drug-likeness (QED) is 0.594. The van der Waals surface area contributed by atoms with Crippen molar-refractivity contribution in [2.24, 2.45) is 0 Å². The lowest BCUT2D eigenvalue weighted by atomic mass is 10.4. The van der Waals surface area contributed by atoms with Gasteiger partial charge in [-0.3, -0.25) is 4.90 Å². The summed E-state index contributed by atoms with van der Waals surface area (Å²) < 4.78 is 5.17. The van der Waals surface area contributed by atoms with Crippen LogP contribution < -0.4 is 5.32 Å². The van der Waals surface area contributed by atoms with Crippen LogP contribution in [0.15, 0.2) is 0 Å². The van der Waals surface area contributed by atoms with E-state index in [4.69, 9.17) is 4.74 Å². The first-order chi connectivity index (χ1) is 6.77. The molecule has 14 heavy (non-hydrogen) atoms. The minimum atomic E-state index is 0.325. The van der Waals surface area contributed by atoms with Gasteiger partial charge in [0.05, 0.1) is 6.10 Å². The average Bonchev–Trinajstić information content (AvgIpc) is 3.01. The monoisotopic (exact) mass is 200 g/mol. The van der Waals surface area contributed by atoms with E-state index in [0.29, 0.717) is 6.10 Å². The fourth-order valence-electron chi connectivity index (χ4n) is 1.65. The molecule has 1 atom stereocenters. The molecular weight excluding hydrogens is 176 g/mol. The first-order valence-corrected chi connectivity index (χ1v) is 5.75. The van der Waals surface area contributed by atoms with E-state index < -0.39 is 0 Å². The van der Waals surface area contributed by atoms with E-state index in [-0.39, 0.29) is 0 Å². The maximum Gasteiger partial charge on any atom is 0.0667 e.